The quantitative estimate of drug-likeness (QED) is 0.578. The molecule has 0 saturated carbocycles. The van der Waals surface area contributed by atoms with Crippen molar-refractivity contribution in [1.82, 2.24) is 19.9 Å². The van der Waals surface area contributed by atoms with E-state index in [4.69, 9.17) is 9.26 Å². The first-order chi connectivity index (χ1) is 13.7. The lowest BCUT2D eigenvalue weighted by Gasteiger charge is -2.33. The van der Waals surface area contributed by atoms with Crippen molar-refractivity contribution in [3.8, 4) is 17.1 Å². The highest BCUT2D eigenvalue weighted by molar-refractivity contribution is 9.10. The van der Waals surface area contributed by atoms with E-state index in [1.54, 1.807) is 7.11 Å². The van der Waals surface area contributed by atoms with Crippen LogP contribution in [0.25, 0.3) is 11.4 Å². The summed E-state index contributed by atoms with van der Waals surface area (Å²) in [5, 5.41) is 4.12. The first-order valence-electron chi connectivity index (χ1n) is 9.36. The number of hydrogen-bond donors (Lipinski definition) is 0. The van der Waals surface area contributed by atoms with Crippen LogP contribution in [0.1, 0.15) is 11.5 Å². The standard InChI is InChI=1S/C21H23BrN4O2/c1-27-19-7-5-17(6-8-19)21-23-20(28-24-21)15-26-11-9-25(10-12-26)14-16-3-2-4-18(22)13-16/h2-8,13H,9-12,14-15H2,1H3. The lowest BCUT2D eigenvalue weighted by atomic mass is 10.2. The molecule has 1 aromatic heterocycles. The number of aromatic nitrogens is 2. The summed E-state index contributed by atoms with van der Waals surface area (Å²) in [6.45, 7) is 5.73. The Morgan fingerprint density at radius 1 is 1.00 bits per heavy atom. The van der Waals surface area contributed by atoms with Crippen LogP contribution in [0.3, 0.4) is 0 Å². The van der Waals surface area contributed by atoms with E-state index in [1.165, 1.54) is 5.56 Å². The predicted molar refractivity (Wildman–Crippen MR) is 111 cm³/mol. The van der Waals surface area contributed by atoms with Crippen LogP contribution in [0.2, 0.25) is 0 Å². The minimum atomic E-state index is 0.617. The second-order valence-electron chi connectivity index (χ2n) is 6.92. The van der Waals surface area contributed by atoms with Crippen LogP contribution < -0.4 is 4.74 Å². The van der Waals surface area contributed by atoms with Crippen LogP contribution >= 0.6 is 15.9 Å². The van der Waals surface area contributed by atoms with Crippen molar-refractivity contribution in [3.63, 3.8) is 0 Å². The Balaban J connectivity index is 1.29. The highest BCUT2D eigenvalue weighted by atomic mass is 79.9. The number of methoxy groups -OCH3 is 1. The third-order valence-electron chi connectivity index (χ3n) is 4.94. The van der Waals surface area contributed by atoms with Gasteiger partial charge in [-0.15, -0.1) is 0 Å². The molecule has 0 unspecified atom stereocenters. The molecule has 0 radical (unpaired) electrons. The van der Waals surface area contributed by atoms with Crippen molar-refractivity contribution in [1.29, 1.82) is 0 Å². The van der Waals surface area contributed by atoms with Gasteiger partial charge in [0.2, 0.25) is 11.7 Å². The average Bonchev–Trinajstić information content (AvgIpc) is 3.18. The smallest absolute Gasteiger partial charge is 0.241 e. The monoisotopic (exact) mass is 442 g/mol. The number of benzene rings is 2. The second kappa shape index (κ2) is 8.86. The third kappa shape index (κ3) is 4.79. The minimum Gasteiger partial charge on any atom is -0.497 e. The normalized spacial score (nSPS) is 15.6. The first kappa shape index (κ1) is 19.1. The third-order valence-corrected chi connectivity index (χ3v) is 5.43. The highest BCUT2D eigenvalue weighted by Crippen LogP contribution is 2.20. The van der Waals surface area contributed by atoms with Crippen LogP contribution in [0.5, 0.6) is 5.75 Å². The molecule has 0 bridgehead atoms. The molecule has 1 aliphatic heterocycles. The van der Waals surface area contributed by atoms with E-state index in [2.05, 4.69) is 60.1 Å². The Morgan fingerprint density at radius 2 is 1.71 bits per heavy atom. The zero-order valence-corrected chi connectivity index (χ0v) is 17.4. The molecule has 1 aliphatic rings. The lowest BCUT2D eigenvalue weighted by molar-refractivity contribution is 0.112. The van der Waals surface area contributed by atoms with Crippen molar-refractivity contribution >= 4 is 15.9 Å². The fourth-order valence-corrected chi connectivity index (χ4v) is 3.81. The summed E-state index contributed by atoms with van der Waals surface area (Å²) in [6, 6.07) is 16.2. The molecule has 2 aromatic carbocycles. The van der Waals surface area contributed by atoms with Gasteiger partial charge in [0.1, 0.15) is 5.75 Å². The number of ether oxygens (including phenoxy) is 1. The van der Waals surface area contributed by atoms with Crippen molar-refractivity contribution in [2.24, 2.45) is 0 Å². The molecule has 4 rings (SSSR count). The Morgan fingerprint density at radius 3 is 2.39 bits per heavy atom. The average molecular weight is 443 g/mol. The zero-order chi connectivity index (χ0) is 19.3. The fourth-order valence-electron chi connectivity index (χ4n) is 3.37. The van der Waals surface area contributed by atoms with E-state index in [-0.39, 0.29) is 0 Å². The highest BCUT2D eigenvalue weighted by Gasteiger charge is 2.19. The molecule has 0 atom stereocenters. The van der Waals surface area contributed by atoms with Crippen LogP contribution in [-0.4, -0.2) is 53.2 Å². The molecule has 7 heteroatoms. The van der Waals surface area contributed by atoms with Gasteiger partial charge in [0, 0.05) is 42.8 Å². The van der Waals surface area contributed by atoms with Crippen molar-refractivity contribution in [2.45, 2.75) is 13.1 Å². The number of piperazine rings is 1. The molecule has 1 fully saturated rings. The van der Waals surface area contributed by atoms with E-state index in [1.807, 2.05) is 24.3 Å². The second-order valence-corrected chi connectivity index (χ2v) is 7.84. The molecule has 146 valence electrons. The van der Waals surface area contributed by atoms with E-state index in [9.17, 15) is 0 Å². The Kier molecular flexibility index (Phi) is 6.04. The Bertz CT molecular complexity index is 905. The molecule has 3 aromatic rings. The summed E-state index contributed by atoms with van der Waals surface area (Å²) >= 11 is 3.54. The van der Waals surface area contributed by atoms with Crippen molar-refractivity contribution < 1.29 is 9.26 Å². The largest absolute Gasteiger partial charge is 0.497 e. The molecule has 0 spiro atoms. The Hall–Kier alpha value is -2.22. The Labute approximate surface area is 173 Å². The molecular weight excluding hydrogens is 420 g/mol. The summed E-state index contributed by atoms with van der Waals surface area (Å²) in [7, 11) is 1.65. The van der Waals surface area contributed by atoms with Gasteiger partial charge in [0.05, 0.1) is 13.7 Å². The van der Waals surface area contributed by atoms with Gasteiger partial charge in [-0.3, -0.25) is 9.80 Å². The molecule has 0 amide bonds. The van der Waals surface area contributed by atoms with Crippen molar-refractivity contribution in [2.75, 3.05) is 33.3 Å². The van der Waals surface area contributed by atoms with Gasteiger partial charge in [-0.2, -0.15) is 4.98 Å². The van der Waals surface area contributed by atoms with Crippen LogP contribution in [0.4, 0.5) is 0 Å². The van der Waals surface area contributed by atoms with Gasteiger partial charge in [-0.1, -0.05) is 33.2 Å². The molecule has 0 N–H and O–H groups in total. The van der Waals surface area contributed by atoms with Gasteiger partial charge in [0.15, 0.2) is 0 Å². The van der Waals surface area contributed by atoms with Crippen LogP contribution in [0, 0.1) is 0 Å². The molecular formula is C21H23BrN4O2. The first-order valence-corrected chi connectivity index (χ1v) is 10.1. The van der Waals surface area contributed by atoms with Gasteiger partial charge in [0.25, 0.3) is 0 Å². The van der Waals surface area contributed by atoms with Gasteiger partial charge in [-0.25, -0.2) is 0 Å². The minimum absolute atomic E-state index is 0.617. The number of nitrogens with zero attached hydrogens (tertiary/aromatic N) is 4. The topological polar surface area (TPSA) is 54.6 Å². The molecule has 0 aliphatic carbocycles. The van der Waals surface area contributed by atoms with E-state index < -0.39 is 0 Å². The summed E-state index contributed by atoms with van der Waals surface area (Å²) in [6.07, 6.45) is 0. The van der Waals surface area contributed by atoms with Gasteiger partial charge in [-0.05, 0) is 42.0 Å². The molecule has 28 heavy (non-hydrogen) atoms. The van der Waals surface area contributed by atoms with Crippen LogP contribution in [0.15, 0.2) is 57.5 Å². The fraction of sp³-hybridized carbons (Fsp3) is 0.333. The van der Waals surface area contributed by atoms with E-state index in [0.29, 0.717) is 18.3 Å². The van der Waals surface area contributed by atoms with Gasteiger partial charge < -0.3 is 9.26 Å². The summed E-state index contributed by atoms with van der Waals surface area (Å²) in [4.78, 5) is 9.39. The maximum absolute atomic E-state index is 5.46. The lowest BCUT2D eigenvalue weighted by Crippen LogP contribution is -2.45. The SMILES string of the molecule is COc1ccc(-c2noc(CN3CCN(Cc4cccc(Br)c4)CC3)n2)cc1. The van der Waals surface area contributed by atoms with Crippen molar-refractivity contribution in [3.05, 3.63) is 64.5 Å². The number of halogens is 1. The summed E-state index contributed by atoms with van der Waals surface area (Å²) in [5.41, 5.74) is 2.26. The maximum atomic E-state index is 5.46. The zero-order valence-electron chi connectivity index (χ0n) is 15.8. The molecule has 1 saturated heterocycles. The molecule has 2 heterocycles. The van der Waals surface area contributed by atoms with E-state index in [0.717, 1.165) is 48.5 Å². The molecule has 6 nitrogen and oxygen atoms in total. The summed E-state index contributed by atoms with van der Waals surface area (Å²) < 4.78 is 11.8. The van der Waals surface area contributed by atoms with E-state index >= 15 is 0 Å². The van der Waals surface area contributed by atoms with Gasteiger partial charge >= 0.3 is 0 Å². The summed E-state index contributed by atoms with van der Waals surface area (Å²) in [5.74, 6) is 2.09. The number of hydrogen-bond acceptors (Lipinski definition) is 6. The van der Waals surface area contributed by atoms with Crippen LogP contribution in [-0.2, 0) is 13.1 Å². The maximum Gasteiger partial charge on any atom is 0.241 e. The predicted octanol–water partition coefficient (Wildman–Crippen LogP) is 3.83. The number of rotatable bonds is 6.